The molecule has 0 heterocycles. The smallest absolute Gasteiger partial charge is 0.303 e. The molecule has 1 unspecified atom stereocenters. The Kier molecular flexibility index (Phi) is 4.62. The van der Waals surface area contributed by atoms with Crippen molar-refractivity contribution in [1.29, 1.82) is 0 Å². The van der Waals surface area contributed by atoms with Gasteiger partial charge in [0.25, 0.3) is 0 Å². The number of aryl methyl sites for hydroxylation is 2. The molecule has 1 fully saturated rings. The van der Waals surface area contributed by atoms with Gasteiger partial charge in [-0.2, -0.15) is 0 Å². The summed E-state index contributed by atoms with van der Waals surface area (Å²) < 4.78 is 0. The Bertz CT molecular complexity index is 445. The fourth-order valence-electron chi connectivity index (χ4n) is 3.28. The monoisotopic (exact) mass is 260 g/mol. The van der Waals surface area contributed by atoms with E-state index in [0.717, 1.165) is 0 Å². The number of aliphatic carboxylic acids is 1. The molecule has 2 nitrogen and oxygen atoms in total. The van der Waals surface area contributed by atoms with Crippen LogP contribution in [-0.4, -0.2) is 11.1 Å². The van der Waals surface area contributed by atoms with E-state index in [2.05, 4.69) is 32.0 Å². The second-order valence-electron chi connectivity index (χ2n) is 5.95. The van der Waals surface area contributed by atoms with E-state index in [1.807, 2.05) is 0 Å². The molecule has 0 amide bonds. The molecule has 2 rings (SSSR count). The zero-order valence-electron chi connectivity index (χ0n) is 12.0. The minimum absolute atomic E-state index is 0.192. The van der Waals surface area contributed by atoms with E-state index in [1.54, 1.807) is 0 Å². The van der Waals surface area contributed by atoms with Gasteiger partial charge in [0, 0.05) is 0 Å². The second kappa shape index (κ2) is 6.23. The van der Waals surface area contributed by atoms with E-state index < -0.39 is 5.97 Å². The number of carbonyl (C=O) groups is 1. The Labute approximate surface area is 115 Å². The van der Waals surface area contributed by atoms with Crippen molar-refractivity contribution in [2.75, 3.05) is 0 Å². The summed E-state index contributed by atoms with van der Waals surface area (Å²) in [4.78, 5) is 11.2. The molecule has 0 aliphatic heterocycles. The number of carboxylic acid groups (broad SMARTS) is 1. The van der Waals surface area contributed by atoms with Crippen molar-refractivity contribution in [3.63, 3.8) is 0 Å². The van der Waals surface area contributed by atoms with Crippen molar-refractivity contribution in [2.24, 2.45) is 5.92 Å². The normalized spacial score (nSPS) is 18.2. The fourth-order valence-corrected chi connectivity index (χ4v) is 3.28. The van der Waals surface area contributed by atoms with Crippen molar-refractivity contribution >= 4 is 5.97 Å². The summed E-state index contributed by atoms with van der Waals surface area (Å²) in [5.74, 6) is 0.0675. The van der Waals surface area contributed by atoms with Crippen molar-refractivity contribution < 1.29 is 9.90 Å². The standard InChI is InChI=1S/C17H24O2/c1-12-8-9-15(10-13(12)2)16(11-17(18)19)14-6-4-3-5-7-14/h8-10,14,16H,3-7,11H2,1-2H3,(H,18,19). The summed E-state index contributed by atoms with van der Waals surface area (Å²) in [7, 11) is 0. The van der Waals surface area contributed by atoms with Crippen molar-refractivity contribution in [3.05, 3.63) is 34.9 Å². The van der Waals surface area contributed by atoms with Crippen LogP contribution in [0.1, 0.15) is 61.1 Å². The Balaban J connectivity index is 2.24. The zero-order valence-corrected chi connectivity index (χ0v) is 12.0. The van der Waals surface area contributed by atoms with Crippen LogP contribution in [0, 0.1) is 19.8 Å². The molecule has 0 spiro atoms. The predicted molar refractivity (Wildman–Crippen MR) is 77.5 cm³/mol. The third-order valence-electron chi connectivity index (χ3n) is 4.57. The molecule has 1 aliphatic carbocycles. The average Bonchev–Trinajstić information content (AvgIpc) is 2.40. The van der Waals surface area contributed by atoms with Crippen LogP contribution in [0.3, 0.4) is 0 Å². The van der Waals surface area contributed by atoms with Crippen LogP contribution < -0.4 is 0 Å². The average molecular weight is 260 g/mol. The molecular formula is C17H24O2. The predicted octanol–water partition coefficient (Wildman–Crippen LogP) is 4.44. The molecule has 104 valence electrons. The number of hydrogen-bond donors (Lipinski definition) is 1. The fraction of sp³-hybridized carbons (Fsp3) is 0.588. The number of benzene rings is 1. The van der Waals surface area contributed by atoms with Gasteiger partial charge in [-0.25, -0.2) is 0 Å². The van der Waals surface area contributed by atoms with Gasteiger partial charge < -0.3 is 5.11 Å². The van der Waals surface area contributed by atoms with E-state index >= 15 is 0 Å². The van der Waals surface area contributed by atoms with Gasteiger partial charge in [0.1, 0.15) is 0 Å². The van der Waals surface area contributed by atoms with Crippen LogP contribution in [0.2, 0.25) is 0 Å². The van der Waals surface area contributed by atoms with Crippen molar-refractivity contribution in [1.82, 2.24) is 0 Å². The Morgan fingerprint density at radius 1 is 1.21 bits per heavy atom. The quantitative estimate of drug-likeness (QED) is 0.868. The van der Waals surface area contributed by atoms with E-state index in [1.165, 1.54) is 48.8 Å². The Hall–Kier alpha value is -1.31. The van der Waals surface area contributed by atoms with Crippen LogP contribution in [-0.2, 0) is 4.79 Å². The Morgan fingerprint density at radius 3 is 2.47 bits per heavy atom. The first-order valence-corrected chi connectivity index (χ1v) is 7.37. The van der Waals surface area contributed by atoms with Gasteiger partial charge in [-0.3, -0.25) is 4.79 Å². The largest absolute Gasteiger partial charge is 0.481 e. The number of rotatable bonds is 4. The molecular weight excluding hydrogens is 236 g/mol. The van der Waals surface area contributed by atoms with Gasteiger partial charge in [0.2, 0.25) is 0 Å². The third kappa shape index (κ3) is 3.59. The highest BCUT2D eigenvalue weighted by molar-refractivity contribution is 5.68. The topological polar surface area (TPSA) is 37.3 Å². The highest BCUT2D eigenvalue weighted by Crippen LogP contribution is 2.38. The number of hydrogen-bond acceptors (Lipinski definition) is 1. The first-order chi connectivity index (χ1) is 9.08. The minimum Gasteiger partial charge on any atom is -0.481 e. The van der Waals surface area contributed by atoms with Crippen LogP contribution >= 0.6 is 0 Å². The lowest BCUT2D eigenvalue weighted by Crippen LogP contribution is -2.19. The SMILES string of the molecule is Cc1ccc(C(CC(=O)O)C2CCCCC2)cc1C. The molecule has 0 aromatic heterocycles. The second-order valence-corrected chi connectivity index (χ2v) is 5.95. The first-order valence-electron chi connectivity index (χ1n) is 7.37. The molecule has 1 aromatic rings. The van der Waals surface area contributed by atoms with Gasteiger partial charge in [-0.05, 0) is 55.2 Å². The Morgan fingerprint density at radius 2 is 1.89 bits per heavy atom. The van der Waals surface area contributed by atoms with Crippen molar-refractivity contribution in [2.45, 2.75) is 58.3 Å². The van der Waals surface area contributed by atoms with Gasteiger partial charge in [-0.1, -0.05) is 37.5 Å². The maximum atomic E-state index is 11.2. The summed E-state index contributed by atoms with van der Waals surface area (Å²) in [5, 5.41) is 9.20. The van der Waals surface area contributed by atoms with Gasteiger partial charge in [0.05, 0.1) is 6.42 Å². The molecule has 19 heavy (non-hydrogen) atoms. The van der Waals surface area contributed by atoms with Gasteiger partial charge >= 0.3 is 5.97 Å². The molecule has 0 bridgehead atoms. The lowest BCUT2D eigenvalue weighted by atomic mass is 9.75. The molecule has 1 aromatic carbocycles. The van der Waals surface area contributed by atoms with E-state index in [0.29, 0.717) is 5.92 Å². The summed E-state index contributed by atoms with van der Waals surface area (Å²) in [6.45, 7) is 4.21. The molecule has 0 saturated heterocycles. The minimum atomic E-state index is -0.672. The summed E-state index contributed by atoms with van der Waals surface area (Å²) in [6, 6.07) is 6.45. The van der Waals surface area contributed by atoms with Gasteiger partial charge in [-0.15, -0.1) is 0 Å². The molecule has 0 radical (unpaired) electrons. The summed E-state index contributed by atoms with van der Waals surface area (Å²) in [5.41, 5.74) is 3.77. The van der Waals surface area contributed by atoms with E-state index in [4.69, 9.17) is 0 Å². The number of carboxylic acids is 1. The van der Waals surface area contributed by atoms with Gasteiger partial charge in [0.15, 0.2) is 0 Å². The molecule has 1 aliphatic rings. The highest BCUT2D eigenvalue weighted by atomic mass is 16.4. The molecule has 1 saturated carbocycles. The lowest BCUT2D eigenvalue weighted by Gasteiger charge is -2.30. The van der Waals surface area contributed by atoms with E-state index in [9.17, 15) is 9.90 Å². The molecule has 1 N–H and O–H groups in total. The first kappa shape index (κ1) is 14.1. The zero-order chi connectivity index (χ0) is 13.8. The van der Waals surface area contributed by atoms with Crippen LogP contribution in [0.15, 0.2) is 18.2 Å². The third-order valence-corrected chi connectivity index (χ3v) is 4.57. The maximum absolute atomic E-state index is 11.2. The van der Waals surface area contributed by atoms with Crippen LogP contribution in [0.5, 0.6) is 0 Å². The summed E-state index contributed by atoms with van der Waals surface area (Å²) in [6.07, 6.45) is 6.46. The maximum Gasteiger partial charge on any atom is 0.303 e. The van der Waals surface area contributed by atoms with Crippen LogP contribution in [0.4, 0.5) is 0 Å². The summed E-state index contributed by atoms with van der Waals surface area (Å²) >= 11 is 0. The van der Waals surface area contributed by atoms with Crippen molar-refractivity contribution in [3.8, 4) is 0 Å². The lowest BCUT2D eigenvalue weighted by molar-refractivity contribution is -0.137. The van der Waals surface area contributed by atoms with E-state index in [-0.39, 0.29) is 12.3 Å². The van der Waals surface area contributed by atoms with Crippen LogP contribution in [0.25, 0.3) is 0 Å². The molecule has 2 heteroatoms. The molecule has 1 atom stereocenters. The highest BCUT2D eigenvalue weighted by Gasteiger charge is 2.27.